The molecule has 1 amide bonds. The number of amidine groups is 1. The molecule has 2 aromatic heterocycles. The molecule has 1 aliphatic carbocycles. The summed E-state index contributed by atoms with van der Waals surface area (Å²) in [5.74, 6) is -0.514. The molecule has 0 radical (unpaired) electrons. The molecule has 4 aromatic rings. The number of rotatable bonds is 6. The van der Waals surface area contributed by atoms with E-state index in [9.17, 15) is 28.0 Å². The number of benzene rings is 2. The minimum absolute atomic E-state index is 0.0213. The van der Waals surface area contributed by atoms with Gasteiger partial charge in [-0.1, -0.05) is 40.9 Å². The lowest BCUT2D eigenvalue weighted by atomic mass is 9.90. The highest BCUT2D eigenvalue weighted by atomic mass is 19.2. The first kappa shape index (κ1) is 29.2. The number of quaternary nitrogens is 1. The number of aliphatic imine (C=N–C) groups is 1. The third-order valence-electron chi connectivity index (χ3n) is 8.60. The van der Waals surface area contributed by atoms with Crippen LogP contribution in [0.3, 0.4) is 0 Å². The van der Waals surface area contributed by atoms with Gasteiger partial charge in [-0.15, -0.1) is 0 Å². The lowest BCUT2D eigenvalue weighted by Crippen LogP contribution is -3.11. The van der Waals surface area contributed by atoms with E-state index in [0.29, 0.717) is 52.8 Å². The number of aromatic nitrogens is 3. The number of halogens is 2. The molecule has 46 heavy (non-hydrogen) atoms. The van der Waals surface area contributed by atoms with E-state index < -0.39 is 23.1 Å². The second kappa shape index (κ2) is 11.7. The molecule has 232 valence electrons. The van der Waals surface area contributed by atoms with Crippen molar-refractivity contribution in [2.45, 2.75) is 37.8 Å². The van der Waals surface area contributed by atoms with Gasteiger partial charge in [0.05, 0.1) is 17.3 Å². The molecule has 0 bridgehead atoms. The predicted molar refractivity (Wildman–Crippen MR) is 165 cm³/mol. The van der Waals surface area contributed by atoms with Crippen molar-refractivity contribution in [3.8, 4) is 16.8 Å². The highest BCUT2D eigenvalue weighted by molar-refractivity contribution is 5.99. The Morgan fingerprint density at radius 1 is 1.02 bits per heavy atom. The van der Waals surface area contributed by atoms with Gasteiger partial charge < -0.3 is 5.32 Å². The summed E-state index contributed by atoms with van der Waals surface area (Å²) in [6, 6.07) is 14.5. The maximum absolute atomic E-state index is 14.4. The zero-order valence-electron chi connectivity index (χ0n) is 24.4. The first-order valence-electron chi connectivity index (χ1n) is 14.9. The zero-order valence-corrected chi connectivity index (χ0v) is 24.4. The Bertz CT molecular complexity index is 2090. The van der Waals surface area contributed by atoms with Gasteiger partial charge in [0.15, 0.2) is 18.0 Å². The highest BCUT2D eigenvalue weighted by Crippen LogP contribution is 2.28. The molecule has 2 aromatic carbocycles. The van der Waals surface area contributed by atoms with E-state index in [1.54, 1.807) is 48.7 Å². The number of nitrogens with zero attached hydrogens (tertiary/aromatic N) is 5. The van der Waals surface area contributed by atoms with Crippen LogP contribution in [0.4, 0.5) is 8.87 Å². The quantitative estimate of drug-likeness (QED) is 0.251. The maximum Gasteiger partial charge on any atom is 0.337 e. The van der Waals surface area contributed by atoms with E-state index >= 15 is 0 Å². The van der Waals surface area contributed by atoms with Gasteiger partial charge in [-0.05, 0) is 55.0 Å². The molecule has 0 saturated heterocycles. The largest absolute Gasteiger partial charge is 0.348 e. The molecule has 2 aliphatic heterocycles. The van der Waals surface area contributed by atoms with E-state index in [0.717, 1.165) is 29.7 Å². The van der Waals surface area contributed by atoms with Crippen LogP contribution >= 0.6 is 0 Å². The van der Waals surface area contributed by atoms with E-state index in [-0.39, 0.29) is 35.3 Å². The van der Waals surface area contributed by atoms with Gasteiger partial charge in [0, 0.05) is 29.9 Å². The van der Waals surface area contributed by atoms with E-state index in [1.807, 2.05) is 6.07 Å². The van der Waals surface area contributed by atoms with E-state index in [1.165, 1.54) is 21.4 Å². The lowest BCUT2D eigenvalue weighted by molar-refractivity contribution is -0.763. The number of hydrogen-bond donors (Lipinski definition) is 2. The molecule has 1 atom stereocenters. The predicted octanol–water partition coefficient (Wildman–Crippen LogP) is 2.58. The molecule has 4 heterocycles. The van der Waals surface area contributed by atoms with Crippen LogP contribution in [0.5, 0.6) is 0 Å². The molecule has 11 nitrogen and oxygen atoms in total. The van der Waals surface area contributed by atoms with Crippen molar-refractivity contribution >= 4 is 29.1 Å². The Morgan fingerprint density at radius 2 is 1.80 bits per heavy atom. The van der Waals surface area contributed by atoms with Crippen molar-refractivity contribution < 1.29 is 23.4 Å². The van der Waals surface area contributed by atoms with Crippen molar-refractivity contribution in [2.75, 3.05) is 6.67 Å². The van der Waals surface area contributed by atoms with Crippen molar-refractivity contribution in [1.29, 1.82) is 0 Å². The van der Waals surface area contributed by atoms with Crippen LogP contribution in [0.1, 0.15) is 42.1 Å². The van der Waals surface area contributed by atoms with Crippen LogP contribution in [0.15, 0.2) is 99.5 Å². The summed E-state index contributed by atoms with van der Waals surface area (Å²) in [6.45, 7) is 0.0213. The standard InChI is InChI=1S/C33H27F2N7O4/c34-23-15-27-30(36-16-23)41(26-3-1-2-22(14-26)21-6-4-20(18-43)5-7-21)33(46)42(32(27)45)25-10-8-24(9-11-25)37-31(44)28-17-39-19-40(35)13-12-29(39)38-28/h1-7,12-18,24-25H,8-11,19H2,(H,37,44)/p+1. The van der Waals surface area contributed by atoms with Crippen LogP contribution in [-0.2, 0) is 4.79 Å². The fourth-order valence-corrected chi connectivity index (χ4v) is 6.28. The molecule has 13 heteroatoms. The Kier molecular flexibility index (Phi) is 7.45. The average Bonchev–Trinajstić information content (AvgIpc) is 3.50. The summed E-state index contributed by atoms with van der Waals surface area (Å²) in [5.41, 5.74) is 1.58. The van der Waals surface area contributed by atoms with Crippen molar-refractivity contribution in [3.05, 3.63) is 117 Å². The monoisotopic (exact) mass is 624 g/mol. The smallest absolute Gasteiger partial charge is 0.337 e. The minimum atomic E-state index is -0.700. The number of aldehydes is 1. The van der Waals surface area contributed by atoms with Crippen molar-refractivity contribution in [1.82, 2.24) is 24.6 Å². The first-order chi connectivity index (χ1) is 22.3. The summed E-state index contributed by atoms with van der Waals surface area (Å²) in [6.07, 6.45) is 7.90. The number of nitrogens with one attached hydrogen (secondary N) is 2. The first-order valence-corrected chi connectivity index (χ1v) is 14.9. The molecule has 1 unspecified atom stereocenters. The highest BCUT2D eigenvalue weighted by Gasteiger charge is 2.32. The van der Waals surface area contributed by atoms with Gasteiger partial charge in [0.25, 0.3) is 11.5 Å². The normalized spacial score (nSPS) is 20.7. The maximum atomic E-state index is 14.4. The fraction of sp³-hybridized carbons (Fsp3) is 0.212. The van der Waals surface area contributed by atoms with E-state index in [4.69, 9.17) is 0 Å². The number of carbonyl (C=O) groups excluding carboxylic acids is 2. The van der Waals surface area contributed by atoms with Crippen LogP contribution in [-0.4, -0.2) is 50.0 Å². The fourth-order valence-electron chi connectivity index (χ4n) is 6.28. The Hall–Kier alpha value is -5.56. The summed E-state index contributed by atoms with van der Waals surface area (Å²) < 4.78 is 30.4. The number of hydrogen-bond acceptors (Lipinski definition) is 7. The van der Waals surface area contributed by atoms with Crippen molar-refractivity contribution in [3.63, 3.8) is 0 Å². The Morgan fingerprint density at radius 3 is 2.57 bits per heavy atom. The van der Waals surface area contributed by atoms with Gasteiger partial charge in [-0.3, -0.25) is 19.0 Å². The number of amides is 1. The molecular weight excluding hydrogens is 596 g/mol. The Balaban J connectivity index is 1.17. The van der Waals surface area contributed by atoms with E-state index in [2.05, 4.69) is 15.3 Å². The van der Waals surface area contributed by atoms with Gasteiger partial charge in [0.1, 0.15) is 18.3 Å². The topological polar surface area (TPSA) is 123 Å². The summed E-state index contributed by atoms with van der Waals surface area (Å²) in [4.78, 5) is 60.9. The van der Waals surface area contributed by atoms with Crippen molar-refractivity contribution in [2.24, 2.45) is 4.99 Å². The zero-order chi connectivity index (χ0) is 31.9. The molecule has 7 rings (SSSR count). The second-order valence-electron chi connectivity index (χ2n) is 11.5. The third-order valence-corrected chi connectivity index (χ3v) is 8.60. The number of carbonyl (C=O) groups is 2. The molecule has 2 N–H and O–H groups in total. The van der Waals surface area contributed by atoms with Crippen LogP contribution in [0, 0.1) is 5.82 Å². The lowest BCUT2D eigenvalue weighted by Gasteiger charge is -2.30. The Labute approximate surface area is 260 Å². The van der Waals surface area contributed by atoms with Crippen LogP contribution in [0.25, 0.3) is 27.8 Å². The van der Waals surface area contributed by atoms with Crippen LogP contribution < -0.4 is 21.5 Å². The molecule has 3 aliphatic rings. The number of fused-ring (bicyclic) bond motifs is 2. The van der Waals surface area contributed by atoms with Gasteiger partial charge >= 0.3 is 5.69 Å². The third kappa shape index (κ3) is 5.34. The second-order valence-corrected chi connectivity index (χ2v) is 11.5. The average molecular weight is 625 g/mol. The van der Waals surface area contributed by atoms with Gasteiger partial charge in [-0.2, -0.15) is 10.1 Å². The minimum Gasteiger partial charge on any atom is -0.348 e. The van der Waals surface area contributed by atoms with Gasteiger partial charge in [-0.25, -0.2) is 23.6 Å². The summed E-state index contributed by atoms with van der Waals surface area (Å²) in [7, 11) is 0. The number of pyridine rings is 1. The molecule has 0 spiro atoms. The molecule has 1 fully saturated rings. The van der Waals surface area contributed by atoms with Gasteiger partial charge in [0.2, 0.25) is 5.84 Å². The summed E-state index contributed by atoms with van der Waals surface area (Å²) >= 11 is 0. The molecule has 1 saturated carbocycles. The summed E-state index contributed by atoms with van der Waals surface area (Å²) in [5, 5.41) is 3.47. The molecular formula is C33H28F2N7O4+. The van der Waals surface area contributed by atoms with Crippen LogP contribution in [0.2, 0.25) is 0 Å². The SMILES string of the molecule is O=Cc1ccc(-c2cccc(-n3c(=O)n(C4CCC(NC(=O)C5=C[NH+]6CN(F)C=CC6=N5)CC4)c(=O)c4cc(F)cnc43)c2)cc1.